The maximum atomic E-state index is 11.5. The van der Waals surface area contributed by atoms with E-state index in [0.29, 0.717) is 26.2 Å². The number of ether oxygens (including phenoxy) is 1. The maximum Gasteiger partial charge on any atom is 0.407 e. The molecule has 3 N–H and O–H groups in total. The van der Waals surface area contributed by atoms with Crippen molar-refractivity contribution in [3.05, 3.63) is 35.4 Å². The molecule has 1 aromatic rings. The standard InChI is InChI=1S/C14H21N3O3/c1-3-20-14(19)16-8-7-15-13(18)17-10-12-6-4-5-11(2)9-12/h4-6,9H,3,7-8,10H2,1-2H3,(H,16,19)(H2,15,17,18). The lowest BCUT2D eigenvalue weighted by Gasteiger charge is -2.09. The monoisotopic (exact) mass is 279 g/mol. The highest BCUT2D eigenvalue weighted by atomic mass is 16.5. The van der Waals surface area contributed by atoms with Crippen molar-refractivity contribution in [2.24, 2.45) is 0 Å². The molecule has 1 aromatic carbocycles. The molecule has 0 radical (unpaired) electrons. The molecule has 0 bridgehead atoms. The largest absolute Gasteiger partial charge is 0.450 e. The highest BCUT2D eigenvalue weighted by Gasteiger charge is 2.02. The molecule has 6 nitrogen and oxygen atoms in total. The van der Waals surface area contributed by atoms with Crippen LogP contribution in [0.4, 0.5) is 9.59 Å². The Bertz CT molecular complexity index is 449. The first-order valence-electron chi connectivity index (χ1n) is 6.59. The van der Waals surface area contributed by atoms with Crippen molar-refractivity contribution < 1.29 is 14.3 Å². The summed E-state index contributed by atoms with van der Waals surface area (Å²) in [5.74, 6) is 0. The minimum Gasteiger partial charge on any atom is -0.450 e. The highest BCUT2D eigenvalue weighted by molar-refractivity contribution is 5.74. The minimum absolute atomic E-state index is 0.267. The molecule has 3 amide bonds. The van der Waals surface area contributed by atoms with E-state index < -0.39 is 6.09 Å². The fourth-order valence-corrected chi connectivity index (χ4v) is 1.59. The summed E-state index contributed by atoms with van der Waals surface area (Å²) in [4.78, 5) is 22.5. The second-order valence-electron chi connectivity index (χ2n) is 4.25. The van der Waals surface area contributed by atoms with E-state index in [4.69, 9.17) is 0 Å². The third kappa shape index (κ3) is 6.63. The highest BCUT2D eigenvalue weighted by Crippen LogP contribution is 2.02. The van der Waals surface area contributed by atoms with Crippen LogP contribution in [-0.4, -0.2) is 31.8 Å². The third-order valence-electron chi connectivity index (χ3n) is 2.49. The zero-order valence-electron chi connectivity index (χ0n) is 11.9. The fourth-order valence-electron chi connectivity index (χ4n) is 1.59. The van der Waals surface area contributed by atoms with Crippen molar-refractivity contribution in [3.63, 3.8) is 0 Å². The van der Waals surface area contributed by atoms with Crippen LogP contribution in [0.15, 0.2) is 24.3 Å². The number of aryl methyl sites for hydroxylation is 1. The van der Waals surface area contributed by atoms with E-state index in [0.717, 1.165) is 11.1 Å². The van der Waals surface area contributed by atoms with Gasteiger partial charge in [0.1, 0.15) is 0 Å². The summed E-state index contributed by atoms with van der Waals surface area (Å²) in [5, 5.41) is 7.91. The Labute approximate surface area is 118 Å². The lowest BCUT2D eigenvalue weighted by molar-refractivity contribution is 0.152. The SMILES string of the molecule is CCOC(=O)NCCNC(=O)NCc1cccc(C)c1. The van der Waals surface area contributed by atoms with Crippen LogP contribution < -0.4 is 16.0 Å². The molecule has 1 rings (SSSR count). The smallest absolute Gasteiger partial charge is 0.407 e. The number of carbonyl (C=O) groups excluding carboxylic acids is 2. The number of urea groups is 1. The van der Waals surface area contributed by atoms with E-state index in [1.165, 1.54) is 0 Å². The summed E-state index contributed by atoms with van der Waals surface area (Å²) in [6.07, 6.45) is -0.477. The van der Waals surface area contributed by atoms with Crippen LogP contribution in [0.5, 0.6) is 0 Å². The normalized spacial score (nSPS) is 9.70. The van der Waals surface area contributed by atoms with Gasteiger partial charge in [-0.05, 0) is 19.4 Å². The van der Waals surface area contributed by atoms with Gasteiger partial charge in [0.15, 0.2) is 0 Å². The number of nitrogens with one attached hydrogen (secondary N) is 3. The Balaban J connectivity index is 2.13. The summed E-state index contributed by atoms with van der Waals surface area (Å²) in [5.41, 5.74) is 2.20. The van der Waals surface area contributed by atoms with E-state index in [9.17, 15) is 9.59 Å². The van der Waals surface area contributed by atoms with Gasteiger partial charge in [-0.2, -0.15) is 0 Å². The second kappa shape index (κ2) is 8.79. The summed E-state index contributed by atoms with van der Waals surface area (Å²) in [7, 11) is 0. The fraction of sp³-hybridized carbons (Fsp3) is 0.429. The van der Waals surface area contributed by atoms with Crippen LogP contribution in [0.25, 0.3) is 0 Å². The molecular weight excluding hydrogens is 258 g/mol. The van der Waals surface area contributed by atoms with Crippen molar-refractivity contribution >= 4 is 12.1 Å². The van der Waals surface area contributed by atoms with Crippen molar-refractivity contribution in [1.82, 2.24) is 16.0 Å². The first-order chi connectivity index (χ1) is 9.61. The lowest BCUT2D eigenvalue weighted by atomic mass is 10.1. The van der Waals surface area contributed by atoms with Gasteiger partial charge < -0.3 is 20.7 Å². The molecule has 110 valence electrons. The van der Waals surface area contributed by atoms with Crippen molar-refractivity contribution in [2.45, 2.75) is 20.4 Å². The Hall–Kier alpha value is -2.24. The molecule has 0 fully saturated rings. The lowest BCUT2D eigenvalue weighted by Crippen LogP contribution is -2.40. The second-order valence-corrected chi connectivity index (χ2v) is 4.25. The molecule has 0 saturated carbocycles. The van der Waals surface area contributed by atoms with Crippen LogP contribution in [-0.2, 0) is 11.3 Å². The molecule has 0 heterocycles. The molecule has 20 heavy (non-hydrogen) atoms. The summed E-state index contributed by atoms with van der Waals surface area (Å²) in [6, 6.07) is 7.66. The Morgan fingerprint density at radius 2 is 1.90 bits per heavy atom. The average molecular weight is 279 g/mol. The molecule has 0 aliphatic rings. The van der Waals surface area contributed by atoms with E-state index in [1.54, 1.807) is 6.92 Å². The molecule has 0 aliphatic carbocycles. The molecule has 0 aliphatic heterocycles. The topological polar surface area (TPSA) is 79.5 Å². The van der Waals surface area contributed by atoms with Gasteiger partial charge in [-0.15, -0.1) is 0 Å². The molecule has 0 atom stereocenters. The molecule has 6 heteroatoms. The Morgan fingerprint density at radius 1 is 1.15 bits per heavy atom. The van der Waals surface area contributed by atoms with Crippen LogP contribution in [0.2, 0.25) is 0 Å². The number of carbonyl (C=O) groups is 2. The number of rotatable bonds is 6. The zero-order valence-corrected chi connectivity index (χ0v) is 11.9. The van der Waals surface area contributed by atoms with Gasteiger partial charge in [0.25, 0.3) is 0 Å². The number of benzene rings is 1. The average Bonchev–Trinajstić information content (AvgIpc) is 2.42. The first-order valence-corrected chi connectivity index (χ1v) is 6.59. The van der Waals surface area contributed by atoms with Crippen LogP contribution in [0.1, 0.15) is 18.1 Å². The number of alkyl carbamates (subject to hydrolysis) is 1. The molecule has 0 saturated heterocycles. The summed E-state index contributed by atoms with van der Waals surface area (Å²) in [6.45, 7) is 5.21. The quantitative estimate of drug-likeness (QED) is 0.691. The molecular formula is C14H21N3O3. The number of hydrogen-bond donors (Lipinski definition) is 3. The van der Waals surface area contributed by atoms with Crippen molar-refractivity contribution in [2.75, 3.05) is 19.7 Å². The van der Waals surface area contributed by atoms with E-state index in [1.807, 2.05) is 31.2 Å². The van der Waals surface area contributed by atoms with Gasteiger partial charge >= 0.3 is 12.1 Å². The minimum atomic E-state index is -0.477. The van der Waals surface area contributed by atoms with Gasteiger partial charge in [0, 0.05) is 19.6 Å². The van der Waals surface area contributed by atoms with Crippen LogP contribution in [0, 0.1) is 6.92 Å². The number of hydrogen-bond acceptors (Lipinski definition) is 3. The Morgan fingerprint density at radius 3 is 2.60 bits per heavy atom. The van der Waals surface area contributed by atoms with Crippen LogP contribution >= 0.6 is 0 Å². The first kappa shape index (κ1) is 15.8. The Kier molecular flexibility index (Phi) is 6.95. The van der Waals surface area contributed by atoms with Gasteiger partial charge in [0.05, 0.1) is 6.61 Å². The molecule has 0 spiro atoms. The van der Waals surface area contributed by atoms with E-state index in [2.05, 4.69) is 20.7 Å². The van der Waals surface area contributed by atoms with Gasteiger partial charge in [-0.3, -0.25) is 0 Å². The van der Waals surface area contributed by atoms with Gasteiger partial charge in [-0.25, -0.2) is 9.59 Å². The van der Waals surface area contributed by atoms with Crippen molar-refractivity contribution in [1.29, 1.82) is 0 Å². The maximum absolute atomic E-state index is 11.5. The molecule has 0 aromatic heterocycles. The van der Waals surface area contributed by atoms with Gasteiger partial charge in [0.2, 0.25) is 0 Å². The molecule has 0 unspecified atom stereocenters. The van der Waals surface area contributed by atoms with E-state index in [-0.39, 0.29) is 6.03 Å². The predicted molar refractivity (Wildman–Crippen MR) is 76.4 cm³/mol. The van der Waals surface area contributed by atoms with E-state index >= 15 is 0 Å². The third-order valence-corrected chi connectivity index (χ3v) is 2.49. The zero-order chi connectivity index (χ0) is 14.8. The van der Waals surface area contributed by atoms with Gasteiger partial charge in [-0.1, -0.05) is 29.8 Å². The van der Waals surface area contributed by atoms with Crippen LogP contribution in [0.3, 0.4) is 0 Å². The number of amides is 3. The predicted octanol–water partition coefficient (Wildman–Crippen LogP) is 1.54. The summed E-state index contributed by atoms with van der Waals surface area (Å²) >= 11 is 0. The summed E-state index contributed by atoms with van der Waals surface area (Å²) < 4.78 is 4.69. The van der Waals surface area contributed by atoms with Crippen molar-refractivity contribution in [3.8, 4) is 0 Å².